The highest BCUT2D eigenvalue weighted by molar-refractivity contribution is 5.71. The number of hydrogen-bond acceptors (Lipinski definition) is 6. The molecule has 0 saturated heterocycles. The van der Waals surface area contributed by atoms with E-state index in [1.807, 2.05) is 0 Å². The van der Waals surface area contributed by atoms with Gasteiger partial charge in [0.1, 0.15) is 13.2 Å². The van der Waals surface area contributed by atoms with Gasteiger partial charge in [0, 0.05) is 19.3 Å². The summed E-state index contributed by atoms with van der Waals surface area (Å²) in [4.78, 5) is 38.2. The van der Waals surface area contributed by atoms with Crippen molar-refractivity contribution < 1.29 is 28.6 Å². The summed E-state index contributed by atoms with van der Waals surface area (Å²) < 4.78 is 16.9. The van der Waals surface area contributed by atoms with E-state index in [1.54, 1.807) is 0 Å². The zero-order valence-corrected chi connectivity index (χ0v) is 50.3. The third kappa shape index (κ3) is 61.4. The second-order valence-electron chi connectivity index (χ2n) is 21.6. The van der Waals surface area contributed by atoms with Gasteiger partial charge in [-0.25, -0.2) is 0 Å². The van der Waals surface area contributed by atoms with Crippen molar-refractivity contribution in [2.45, 2.75) is 329 Å². The Labute approximate surface area is 471 Å². The van der Waals surface area contributed by atoms with E-state index in [0.717, 1.165) is 103 Å². The van der Waals surface area contributed by atoms with E-state index in [-0.39, 0.29) is 31.1 Å². The number of carbonyl (C=O) groups excluding carboxylic acids is 3. The fourth-order valence-electron chi connectivity index (χ4n) is 9.27. The van der Waals surface area contributed by atoms with Gasteiger partial charge in [-0.2, -0.15) is 0 Å². The molecule has 0 heterocycles. The highest BCUT2D eigenvalue weighted by atomic mass is 16.6. The SMILES string of the molecule is CC/C=C\C/C=C\C/C=C\C/C=C\C/C=C\C/C=C\CCCCCCCCC(=O)OCC(COC(=O)CCCCCCCCCC)OC(=O)CCCCCCCCCCCCCCC/C=C\CCCCCCCCCC. The topological polar surface area (TPSA) is 78.9 Å². The Kier molecular flexibility index (Phi) is 61.2. The van der Waals surface area contributed by atoms with E-state index < -0.39 is 6.10 Å². The molecule has 0 aliphatic rings. The van der Waals surface area contributed by atoms with Crippen molar-refractivity contribution in [2.24, 2.45) is 0 Å². The van der Waals surface area contributed by atoms with Gasteiger partial charge in [-0.15, -0.1) is 0 Å². The largest absolute Gasteiger partial charge is 0.462 e. The molecule has 0 fully saturated rings. The van der Waals surface area contributed by atoms with Gasteiger partial charge >= 0.3 is 17.9 Å². The lowest BCUT2D eigenvalue weighted by atomic mass is 10.0. The van der Waals surface area contributed by atoms with Crippen molar-refractivity contribution in [3.05, 3.63) is 85.1 Å². The molecular formula is C70H122O6. The normalized spacial score (nSPS) is 12.6. The molecule has 6 heteroatoms. The van der Waals surface area contributed by atoms with Crippen LogP contribution in [0.25, 0.3) is 0 Å². The molecule has 0 N–H and O–H groups in total. The summed E-state index contributed by atoms with van der Waals surface area (Å²) in [5, 5.41) is 0. The maximum Gasteiger partial charge on any atom is 0.306 e. The Morgan fingerprint density at radius 2 is 0.513 bits per heavy atom. The first-order valence-electron chi connectivity index (χ1n) is 32.6. The van der Waals surface area contributed by atoms with Gasteiger partial charge in [-0.3, -0.25) is 14.4 Å². The Balaban J connectivity index is 4.20. The van der Waals surface area contributed by atoms with Gasteiger partial charge in [0.2, 0.25) is 0 Å². The van der Waals surface area contributed by atoms with E-state index in [0.29, 0.717) is 19.3 Å². The third-order valence-corrected chi connectivity index (χ3v) is 14.1. The molecule has 76 heavy (non-hydrogen) atoms. The van der Waals surface area contributed by atoms with E-state index in [4.69, 9.17) is 14.2 Å². The van der Waals surface area contributed by atoms with Crippen molar-refractivity contribution in [1.29, 1.82) is 0 Å². The third-order valence-electron chi connectivity index (χ3n) is 14.1. The predicted octanol–water partition coefficient (Wildman–Crippen LogP) is 22.3. The molecule has 0 radical (unpaired) electrons. The van der Waals surface area contributed by atoms with Gasteiger partial charge < -0.3 is 14.2 Å². The number of allylic oxidation sites excluding steroid dienone is 14. The molecule has 0 aliphatic heterocycles. The molecule has 6 nitrogen and oxygen atoms in total. The average molecular weight is 1060 g/mol. The Morgan fingerprint density at radius 3 is 0.816 bits per heavy atom. The van der Waals surface area contributed by atoms with Crippen LogP contribution in [-0.4, -0.2) is 37.2 Å². The molecule has 1 atom stereocenters. The van der Waals surface area contributed by atoms with Crippen molar-refractivity contribution >= 4 is 17.9 Å². The maximum absolute atomic E-state index is 12.9. The minimum atomic E-state index is -0.781. The van der Waals surface area contributed by atoms with Crippen LogP contribution in [0.5, 0.6) is 0 Å². The van der Waals surface area contributed by atoms with Crippen LogP contribution in [0.3, 0.4) is 0 Å². The van der Waals surface area contributed by atoms with Crippen molar-refractivity contribution in [1.82, 2.24) is 0 Å². The van der Waals surface area contributed by atoms with Crippen LogP contribution in [0.1, 0.15) is 323 Å². The van der Waals surface area contributed by atoms with Crippen LogP contribution in [0, 0.1) is 0 Å². The van der Waals surface area contributed by atoms with Gasteiger partial charge in [0.25, 0.3) is 0 Å². The molecule has 0 aliphatic carbocycles. The molecule has 0 aromatic heterocycles. The second-order valence-corrected chi connectivity index (χ2v) is 21.6. The smallest absolute Gasteiger partial charge is 0.306 e. The zero-order chi connectivity index (χ0) is 55.0. The number of rotatable bonds is 59. The highest BCUT2D eigenvalue weighted by Crippen LogP contribution is 2.17. The average Bonchev–Trinajstić information content (AvgIpc) is 3.42. The summed E-state index contributed by atoms with van der Waals surface area (Å²) in [5.74, 6) is -0.887. The number of carbonyl (C=O) groups is 3. The molecule has 0 bridgehead atoms. The molecule has 0 amide bonds. The van der Waals surface area contributed by atoms with E-state index >= 15 is 0 Å². The first kappa shape index (κ1) is 72.6. The predicted molar refractivity (Wildman–Crippen MR) is 330 cm³/mol. The van der Waals surface area contributed by atoms with Crippen molar-refractivity contribution in [3.8, 4) is 0 Å². The molecule has 0 saturated carbocycles. The van der Waals surface area contributed by atoms with Crippen molar-refractivity contribution in [3.63, 3.8) is 0 Å². The van der Waals surface area contributed by atoms with E-state index in [2.05, 4.69) is 106 Å². The monoisotopic (exact) mass is 1060 g/mol. The lowest BCUT2D eigenvalue weighted by Crippen LogP contribution is -2.30. The minimum Gasteiger partial charge on any atom is -0.462 e. The van der Waals surface area contributed by atoms with Crippen LogP contribution in [0.4, 0.5) is 0 Å². The lowest BCUT2D eigenvalue weighted by molar-refractivity contribution is -0.167. The summed E-state index contributed by atoms with van der Waals surface area (Å²) in [7, 11) is 0. The summed E-state index contributed by atoms with van der Waals surface area (Å²) >= 11 is 0. The van der Waals surface area contributed by atoms with Gasteiger partial charge in [0.15, 0.2) is 6.10 Å². The fourth-order valence-corrected chi connectivity index (χ4v) is 9.27. The number of ether oxygens (including phenoxy) is 3. The first-order chi connectivity index (χ1) is 37.5. The molecular weight excluding hydrogens is 937 g/mol. The molecule has 1 unspecified atom stereocenters. The molecule has 0 aromatic carbocycles. The molecule has 0 rings (SSSR count). The van der Waals surface area contributed by atoms with Gasteiger partial charge in [0.05, 0.1) is 0 Å². The van der Waals surface area contributed by atoms with Crippen LogP contribution < -0.4 is 0 Å². The summed E-state index contributed by atoms with van der Waals surface area (Å²) in [6.07, 6.45) is 84.7. The quantitative estimate of drug-likeness (QED) is 0.0261. The standard InChI is InChI=1S/C70H122O6/c1-4-7-10-13-16-19-21-23-25-27-29-31-33-35-37-39-41-43-45-47-49-51-54-57-60-63-69(72)75-66-67(65-74-68(71)62-59-56-53-18-15-12-9-6-3)76-70(73)64-61-58-55-52-50-48-46-44-42-40-38-36-34-32-30-28-26-24-22-20-17-14-11-8-5-2/h7,10,16,19,23,25,28-31,35,37,41,43,67H,4-6,8-9,11-15,17-18,20-22,24,26-27,32-34,36,38-40,42,44-66H2,1-3H3/b10-7-,19-16-,25-23-,30-28-,31-29-,37-35-,43-41-. The van der Waals surface area contributed by atoms with E-state index in [9.17, 15) is 14.4 Å². The lowest BCUT2D eigenvalue weighted by Gasteiger charge is -2.18. The van der Waals surface area contributed by atoms with Crippen LogP contribution >= 0.6 is 0 Å². The molecule has 0 spiro atoms. The Morgan fingerprint density at radius 1 is 0.276 bits per heavy atom. The fraction of sp³-hybridized carbons (Fsp3) is 0.757. The molecule has 438 valence electrons. The van der Waals surface area contributed by atoms with Crippen LogP contribution in [0.15, 0.2) is 85.1 Å². The zero-order valence-electron chi connectivity index (χ0n) is 50.3. The van der Waals surface area contributed by atoms with Crippen LogP contribution in [0.2, 0.25) is 0 Å². The number of unbranched alkanes of at least 4 members (excludes halogenated alkanes) is 34. The second kappa shape index (κ2) is 64.1. The summed E-state index contributed by atoms with van der Waals surface area (Å²) in [6, 6.07) is 0. The molecule has 0 aromatic rings. The first-order valence-corrected chi connectivity index (χ1v) is 32.6. The van der Waals surface area contributed by atoms with Gasteiger partial charge in [-0.05, 0) is 96.3 Å². The number of hydrogen-bond donors (Lipinski definition) is 0. The summed E-state index contributed by atoms with van der Waals surface area (Å²) in [6.45, 7) is 6.52. The summed E-state index contributed by atoms with van der Waals surface area (Å²) in [5.41, 5.74) is 0. The minimum absolute atomic E-state index is 0.0789. The van der Waals surface area contributed by atoms with Gasteiger partial charge in [-0.1, -0.05) is 292 Å². The van der Waals surface area contributed by atoms with Crippen molar-refractivity contribution in [2.75, 3.05) is 13.2 Å². The maximum atomic E-state index is 12.9. The Bertz CT molecular complexity index is 1450. The highest BCUT2D eigenvalue weighted by Gasteiger charge is 2.19. The number of esters is 3. The Hall–Kier alpha value is -3.41. The van der Waals surface area contributed by atoms with E-state index in [1.165, 1.54) is 180 Å². The van der Waals surface area contributed by atoms with Crippen LogP contribution in [-0.2, 0) is 28.6 Å².